The van der Waals surface area contributed by atoms with E-state index < -0.39 is 50.6 Å². The van der Waals surface area contributed by atoms with Crippen LogP contribution >= 0.6 is 0 Å². The maximum atomic E-state index is 14.1. The van der Waals surface area contributed by atoms with Gasteiger partial charge in [0.25, 0.3) is 5.91 Å². The minimum Gasteiger partial charge on any atom is -0.474 e. The molecular formula is C36H38N6O6S. The van der Waals surface area contributed by atoms with E-state index in [0.29, 0.717) is 53.1 Å². The van der Waals surface area contributed by atoms with Gasteiger partial charge in [0.2, 0.25) is 27.7 Å². The lowest BCUT2D eigenvalue weighted by atomic mass is 9.93. The molecule has 2 N–H and O–H groups in total. The van der Waals surface area contributed by atoms with E-state index in [0.717, 1.165) is 19.3 Å². The maximum Gasteiger partial charge on any atom is 0.259 e. The zero-order chi connectivity index (χ0) is 34.3. The highest BCUT2D eigenvalue weighted by Crippen LogP contribution is 2.47. The molecule has 3 amide bonds. The van der Waals surface area contributed by atoms with Crippen LogP contribution in [-0.4, -0.2) is 71.5 Å². The van der Waals surface area contributed by atoms with Crippen molar-refractivity contribution in [3.63, 3.8) is 0 Å². The highest BCUT2D eigenvalue weighted by atomic mass is 32.2. The number of ether oxygens (including phenoxy) is 1. The first kappa shape index (κ1) is 32.7. The van der Waals surface area contributed by atoms with Crippen LogP contribution in [0.5, 0.6) is 5.88 Å². The molecule has 0 spiro atoms. The Morgan fingerprint density at radius 1 is 1.06 bits per heavy atom. The van der Waals surface area contributed by atoms with Crippen LogP contribution in [0, 0.1) is 29.1 Å². The van der Waals surface area contributed by atoms with Crippen molar-refractivity contribution in [1.82, 2.24) is 24.9 Å². The largest absolute Gasteiger partial charge is 0.474 e. The molecule has 5 unspecified atom stereocenters. The van der Waals surface area contributed by atoms with Gasteiger partial charge in [0.05, 0.1) is 39.6 Å². The molecule has 1 aliphatic heterocycles. The molecule has 2 heterocycles. The number of sulfonamides is 1. The average molecular weight is 683 g/mol. The fourth-order valence-electron chi connectivity index (χ4n) is 7.01. The number of benzene rings is 2. The Bertz CT molecular complexity index is 1990. The normalized spacial score (nSPS) is 28.0. The Labute approximate surface area is 285 Å². The number of nitrogens with zero attached hydrogens (tertiary/aromatic N) is 4. The van der Waals surface area contributed by atoms with Gasteiger partial charge in [0.15, 0.2) is 5.82 Å². The van der Waals surface area contributed by atoms with Crippen LogP contribution in [0.1, 0.15) is 56.9 Å². The van der Waals surface area contributed by atoms with Crippen molar-refractivity contribution in [1.29, 1.82) is 5.26 Å². The second-order valence-corrected chi connectivity index (χ2v) is 15.6. The van der Waals surface area contributed by atoms with Crippen molar-refractivity contribution >= 4 is 38.6 Å². The van der Waals surface area contributed by atoms with Crippen LogP contribution in [0.25, 0.3) is 22.3 Å². The second kappa shape index (κ2) is 12.9. The van der Waals surface area contributed by atoms with Gasteiger partial charge in [-0.3, -0.25) is 19.1 Å². The SMILES string of the molecule is CN1CCCC/C=C/C2CC2(C(=O)NS(=O)(=O)C2CC2)NC(=O)C2CC(Oc3nc(-c4ccc(C#N)cc4)nc4ccccc34)CC2C1=O. The zero-order valence-corrected chi connectivity index (χ0v) is 28.0. The van der Waals surface area contributed by atoms with Crippen LogP contribution in [0.4, 0.5) is 0 Å². The molecule has 5 atom stereocenters. The molecule has 49 heavy (non-hydrogen) atoms. The van der Waals surface area contributed by atoms with Crippen molar-refractivity contribution in [3.8, 4) is 23.3 Å². The van der Waals surface area contributed by atoms with Crippen LogP contribution < -0.4 is 14.8 Å². The highest BCUT2D eigenvalue weighted by Gasteiger charge is 2.62. The molecule has 2 aromatic carbocycles. The number of nitrogens with one attached hydrogen (secondary N) is 2. The summed E-state index contributed by atoms with van der Waals surface area (Å²) < 4.78 is 34.2. The molecule has 3 fully saturated rings. The zero-order valence-electron chi connectivity index (χ0n) is 27.2. The Kier molecular flexibility index (Phi) is 8.60. The number of amides is 3. The van der Waals surface area contributed by atoms with E-state index in [4.69, 9.17) is 14.7 Å². The first-order valence-corrected chi connectivity index (χ1v) is 18.4. The van der Waals surface area contributed by atoms with E-state index >= 15 is 0 Å². The van der Waals surface area contributed by atoms with Gasteiger partial charge >= 0.3 is 0 Å². The Morgan fingerprint density at radius 3 is 2.57 bits per heavy atom. The Morgan fingerprint density at radius 2 is 1.82 bits per heavy atom. The van der Waals surface area contributed by atoms with E-state index in [9.17, 15) is 28.1 Å². The lowest BCUT2D eigenvalue weighted by molar-refractivity contribution is -0.140. The van der Waals surface area contributed by atoms with Gasteiger partial charge < -0.3 is 15.0 Å². The first-order chi connectivity index (χ1) is 23.6. The van der Waals surface area contributed by atoms with Gasteiger partial charge in [-0.2, -0.15) is 10.2 Å². The Hall–Kier alpha value is -4.83. The number of hydrogen-bond acceptors (Lipinski definition) is 9. The van der Waals surface area contributed by atoms with Gasteiger partial charge in [-0.15, -0.1) is 0 Å². The number of aromatic nitrogens is 2. The molecule has 7 rings (SSSR count). The lowest BCUT2D eigenvalue weighted by Crippen LogP contribution is -2.54. The molecule has 254 valence electrons. The van der Waals surface area contributed by atoms with Gasteiger partial charge in [0, 0.05) is 25.1 Å². The molecule has 12 nitrogen and oxygen atoms in total. The average Bonchev–Trinajstić information content (AvgIpc) is 4.02. The van der Waals surface area contributed by atoms with E-state index in [2.05, 4.69) is 16.1 Å². The summed E-state index contributed by atoms with van der Waals surface area (Å²) in [4.78, 5) is 52.7. The molecule has 3 aliphatic carbocycles. The van der Waals surface area contributed by atoms with Gasteiger partial charge in [-0.1, -0.05) is 24.3 Å². The van der Waals surface area contributed by atoms with Crippen molar-refractivity contribution < 1.29 is 27.5 Å². The molecule has 3 aromatic rings. The quantitative estimate of drug-likeness (QED) is 0.369. The summed E-state index contributed by atoms with van der Waals surface area (Å²) in [5.41, 5.74) is 0.456. The third-order valence-electron chi connectivity index (χ3n) is 10.1. The molecule has 0 bridgehead atoms. The van der Waals surface area contributed by atoms with Gasteiger partial charge in [0.1, 0.15) is 11.6 Å². The standard InChI is InChI=1S/C36H38N6O6S/c1-42-17-7-3-2-4-8-24-20-36(24,35(45)41-49(46,47)26-15-16-26)40-32(43)28-18-25(19-29(28)34(42)44)48-33-27-9-5-6-10-30(27)38-31(39-33)23-13-11-22(21-37)12-14-23/h4-6,8-14,24-26,28-29H,2-3,7,15-20H2,1H3,(H,40,43)(H,41,45)/b8-4+. The van der Waals surface area contributed by atoms with Crippen molar-refractivity contribution in [2.45, 2.75) is 68.3 Å². The minimum atomic E-state index is -3.83. The number of nitriles is 1. The predicted molar refractivity (Wildman–Crippen MR) is 180 cm³/mol. The lowest BCUT2D eigenvalue weighted by Gasteiger charge is -2.26. The summed E-state index contributed by atoms with van der Waals surface area (Å²) >= 11 is 0. The van der Waals surface area contributed by atoms with E-state index in [1.54, 1.807) is 36.2 Å². The summed E-state index contributed by atoms with van der Waals surface area (Å²) in [6.07, 6.45) is 7.39. The summed E-state index contributed by atoms with van der Waals surface area (Å²) in [5.74, 6) is -2.55. The van der Waals surface area contributed by atoms with Crippen molar-refractivity contribution in [2.75, 3.05) is 13.6 Å². The first-order valence-electron chi connectivity index (χ1n) is 16.8. The smallest absolute Gasteiger partial charge is 0.259 e. The molecule has 0 radical (unpaired) electrons. The fraction of sp³-hybridized carbons (Fsp3) is 0.444. The van der Waals surface area contributed by atoms with Crippen LogP contribution in [-0.2, 0) is 24.4 Å². The van der Waals surface area contributed by atoms with Crippen molar-refractivity contribution in [2.24, 2.45) is 17.8 Å². The van der Waals surface area contributed by atoms with Gasteiger partial charge in [-0.25, -0.2) is 13.4 Å². The number of hydrogen-bond donors (Lipinski definition) is 2. The van der Waals surface area contributed by atoms with E-state index in [1.807, 2.05) is 36.4 Å². The number of fused-ring (bicyclic) bond motifs is 3. The van der Waals surface area contributed by atoms with Crippen LogP contribution in [0.2, 0.25) is 0 Å². The van der Waals surface area contributed by atoms with E-state index in [1.165, 1.54) is 0 Å². The summed E-state index contributed by atoms with van der Waals surface area (Å²) in [7, 11) is -2.09. The minimum absolute atomic E-state index is 0.174. The van der Waals surface area contributed by atoms with E-state index in [-0.39, 0.29) is 31.1 Å². The number of carbonyl (C=O) groups excluding carboxylic acids is 3. The molecule has 1 aromatic heterocycles. The molecule has 0 saturated heterocycles. The van der Waals surface area contributed by atoms with Crippen LogP contribution in [0.15, 0.2) is 60.7 Å². The summed E-state index contributed by atoms with van der Waals surface area (Å²) in [6, 6.07) is 16.4. The maximum absolute atomic E-state index is 14.1. The number of carbonyl (C=O) groups is 3. The summed E-state index contributed by atoms with van der Waals surface area (Å²) in [5, 5.41) is 12.2. The Balaban J connectivity index is 1.18. The molecular weight excluding hydrogens is 644 g/mol. The molecule has 13 heteroatoms. The van der Waals surface area contributed by atoms with Crippen LogP contribution in [0.3, 0.4) is 0 Å². The van der Waals surface area contributed by atoms with Gasteiger partial charge in [-0.05, 0) is 87.8 Å². The predicted octanol–water partition coefficient (Wildman–Crippen LogP) is 3.62. The van der Waals surface area contributed by atoms with Crippen molar-refractivity contribution in [3.05, 3.63) is 66.2 Å². The fourth-order valence-corrected chi connectivity index (χ4v) is 8.37. The number of allylic oxidation sites excluding steroid dienone is 1. The molecule has 3 saturated carbocycles. The molecule has 4 aliphatic rings. The third kappa shape index (κ3) is 6.62. The monoisotopic (exact) mass is 682 g/mol. The topological polar surface area (TPSA) is 171 Å². The second-order valence-electron chi connectivity index (χ2n) is 13.6. The number of rotatable bonds is 6. The third-order valence-corrected chi connectivity index (χ3v) is 11.9. The highest BCUT2D eigenvalue weighted by molar-refractivity contribution is 7.91. The summed E-state index contributed by atoms with van der Waals surface area (Å²) in [6.45, 7) is 0.544. The number of para-hydroxylation sites is 1.